The minimum absolute atomic E-state index is 0.00907. The largest absolute Gasteiger partial charge is 0.496 e. The van der Waals surface area contributed by atoms with Crippen molar-refractivity contribution in [2.75, 3.05) is 26.8 Å². The number of benzene rings is 1. The van der Waals surface area contributed by atoms with Crippen molar-refractivity contribution in [2.45, 2.75) is 25.9 Å². The molecule has 3 N–H and O–H groups in total. The molecule has 4 nitrogen and oxygen atoms in total. The highest BCUT2D eigenvalue weighted by atomic mass is 16.5. The van der Waals surface area contributed by atoms with Crippen molar-refractivity contribution >= 4 is 0 Å². The fourth-order valence-electron chi connectivity index (χ4n) is 2.13. The zero-order valence-electron chi connectivity index (χ0n) is 11.5. The first-order chi connectivity index (χ1) is 8.63. The Bertz CT molecular complexity index is 357. The Morgan fingerprint density at radius 3 is 2.61 bits per heavy atom. The first kappa shape index (κ1) is 15.0. The van der Waals surface area contributed by atoms with Gasteiger partial charge in [-0.05, 0) is 19.5 Å². The van der Waals surface area contributed by atoms with Crippen LogP contribution >= 0.6 is 0 Å². The van der Waals surface area contributed by atoms with E-state index in [0.29, 0.717) is 6.54 Å². The van der Waals surface area contributed by atoms with Crippen molar-refractivity contribution in [3.05, 3.63) is 29.8 Å². The van der Waals surface area contributed by atoms with Crippen LogP contribution in [0.1, 0.15) is 25.5 Å². The SMILES string of the molecule is CCN(C[C@@H](N)CO)[C@@H](C)c1ccccc1OC. The molecule has 0 unspecified atom stereocenters. The molecule has 0 bridgehead atoms. The molecule has 4 heteroatoms. The number of ether oxygens (including phenoxy) is 1. The van der Waals surface area contributed by atoms with Gasteiger partial charge in [0.15, 0.2) is 0 Å². The Hall–Kier alpha value is -1.10. The van der Waals surface area contributed by atoms with Gasteiger partial charge in [-0.1, -0.05) is 25.1 Å². The molecular weight excluding hydrogens is 228 g/mol. The van der Waals surface area contributed by atoms with E-state index in [-0.39, 0.29) is 18.7 Å². The second-order valence-electron chi connectivity index (χ2n) is 4.45. The van der Waals surface area contributed by atoms with E-state index in [2.05, 4.69) is 24.8 Å². The molecule has 0 fully saturated rings. The van der Waals surface area contributed by atoms with Crippen molar-refractivity contribution in [3.8, 4) is 5.75 Å². The van der Waals surface area contributed by atoms with Gasteiger partial charge < -0.3 is 15.6 Å². The van der Waals surface area contributed by atoms with Crippen LogP contribution in [-0.2, 0) is 0 Å². The molecule has 0 spiro atoms. The maximum atomic E-state index is 9.06. The summed E-state index contributed by atoms with van der Waals surface area (Å²) in [4.78, 5) is 2.23. The Labute approximate surface area is 109 Å². The topological polar surface area (TPSA) is 58.7 Å². The van der Waals surface area contributed by atoms with Gasteiger partial charge >= 0.3 is 0 Å². The second kappa shape index (κ2) is 7.36. The standard InChI is InChI=1S/C14H24N2O2/c1-4-16(9-12(15)10-17)11(2)13-7-5-6-8-14(13)18-3/h5-8,11-12,17H,4,9-10,15H2,1-3H3/t11-,12+/m0/s1. The maximum Gasteiger partial charge on any atom is 0.123 e. The number of likely N-dealkylation sites (N-methyl/N-ethyl adjacent to an activating group) is 1. The lowest BCUT2D eigenvalue weighted by atomic mass is 10.0. The molecule has 0 amide bonds. The zero-order valence-corrected chi connectivity index (χ0v) is 11.5. The van der Waals surface area contributed by atoms with Crippen LogP contribution in [0.3, 0.4) is 0 Å². The average molecular weight is 252 g/mol. The lowest BCUT2D eigenvalue weighted by Crippen LogP contribution is -2.41. The van der Waals surface area contributed by atoms with E-state index >= 15 is 0 Å². The quantitative estimate of drug-likeness (QED) is 0.770. The van der Waals surface area contributed by atoms with E-state index in [1.807, 2.05) is 18.2 Å². The molecule has 1 rings (SSSR count). The fourth-order valence-corrected chi connectivity index (χ4v) is 2.13. The van der Waals surface area contributed by atoms with Gasteiger partial charge in [0, 0.05) is 24.2 Å². The van der Waals surface area contributed by atoms with Gasteiger partial charge in [0.2, 0.25) is 0 Å². The van der Waals surface area contributed by atoms with Gasteiger partial charge in [-0.15, -0.1) is 0 Å². The summed E-state index contributed by atoms with van der Waals surface area (Å²) in [5.74, 6) is 0.890. The molecule has 0 radical (unpaired) electrons. The van der Waals surface area contributed by atoms with Gasteiger partial charge in [-0.25, -0.2) is 0 Å². The van der Waals surface area contributed by atoms with E-state index < -0.39 is 0 Å². The molecule has 0 saturated heterocycles. The van der Waals surface area contributed by atoms with Crippen LogP contribution in [0, 0.1) is 0 Å². The monoisotopic (exact) mass is 252 g/mol. The van der Waals surface area contributed by atoms with Crippen molar-refractivity contribution in [1.29, 1.82) is 0 Å². The average Bonchev–Trinajstić information content (AvgIpc) is 2.43. The first-order valence-corrected chi connectivity index (χ1v) is 6.37. The van der Waals surface area contributed by atoms with Crippen LogP contribution in [-0.4, -0.2) is 42.9 Å². The number of aliphatic hydroxyl groups is 1. The number of methoxy groups -OCH3 is 1. The summed E-state index contributed by atoms with van der Waals surface area (Å²) in [7, 11) is 1.68. The summed E-state index contributed by atoms with van der Waals surface area (Å²) in [6, 6.07) is 8.01. The molecule has 1 aromatic rings. The molecule has 0 heterocycles. The minimum atomic E-state index is -0.206. The normalized spacial score (nSPS) is 14.6. The summed E-state index contributed by atoms with van der Waals surface area (Å²) in [5, 5.41) is 9.06. The van der Waals surface area contributed by atoms with Gasteiger partial charge in [-0.3, -0.25) is 4.90 Å². The fraction of sp³-hybridized carbons (Fsp3) is 0.571. The van der Waals surface area contributed by atoms with Crippen LogP contribution < -0.4 is 10.5 Å². The first-order valence-electron chi connectivity index (χ1n) is 6.37. The number of nitrogens with two attached hydrogens (primary N) is 1. The number of hydrogen-bond donors (Lipinski definition) is 2. The summed E-state index contributed by atoms with van der Waals surface area (Å²) in [5.41, 5.74) is 6.96. The second-order valence-corrected chi connectivity index (χ2v) is 4.45. The summed E-state index contributed by atoms with van der Waals surface area (Å²) in [6.45, 7) is 5.79. The lowest BCUT2D eigenvalue weighted by molar-refractivity contribution is 0.171. The third kappa shape index (κ3) is 3.70. The predicted molar refractivity (Wildman–Crippen MR) is 73.7 cm³/mol. The summed E-state index contributed by atoms with van der Waals surface area (Å²) >= 11 is 0. The Kier molecular flexibility index (Phi) is 6.12. The molecule has 102 valence electrons. The zero-order chi connectivity index (χ0) is 13.5. The van der Waals surface area contributed by atoms with E-state index in [4.69, 9.17) is 15.6 Å². The Morgan fingerprint density at radius 1 is 1.39 bits per heavy atom. The molecular formula is C14H24N2O2. The highest BCUT2D eigenvalue weighted by Crippen LogP contribution is 2.28. The van der Waals surface area contributed by atoms with E-state index in [1.165, 1.54) is 0 Å². The van der Waals surface area contributed by atoms with E-state index in [1.54, 1.807) is 7.11 Å². The highest BCUT2D eigenvalue weighted by molar-refractivity contribution is 5.35. The Morgan fingerprint density at radius 2 is 2.06 bits per heavy atom. The predicted octanol–water partition coefficient (Wildman–Crippen LogP) is 1.40. The van der Waals surface area contributed by atoms with Crippen molar-refractivity contribution in [1.82, 2.24) is 4.90 Å². The molecule has 2 atom stereocenters. The van der Waals surface area contributed by atoms with Crippen LogP contribution in [0.4, 0.5) is 0 Å². The highest BCUT2D eigenvalue weighted by Gasteiger charge is 2.19. The van der Waals surface area contributed by atoms with Crippen LogP contribution in [0.2, 0.25) is 0 Å². The molecule has 0 aromatic heterocycles. The molecule has 0 aliphatic heterocycles. The van der Waals surface area contributed by atoms with Gasteiger partial charge in [0.05, 0.1) is 13.7 Å². The number of nitrogens with zero attached hydrogens (tertiary/aromatic N) is 1. The van der Waals surface area contributed by atoms with Crippen LogP contribution in [0.25, 0.3) is 0 Å². The van der Waals surface area contributed by atoms with Crippen LogP contribution in [0.5, 0.6) is 5.75 Å². The number of rotatable bonds is 7. The minimum Gasteiger partial charge on any atom is -0.496 e. The van der Waals surface area contributed by atoms with Crippen molar-refractivity contribution in [2.24, 2.45) is 5.73 Å². The van der Waals surface area contributed by atoms with E-state index in [0.717, 1.165) is 17.9 Å². The number of hydrogen-bond acceptors (Lipinski definition) is 4. The van der Waals surface area contributed by atoms with Crippen molar-refractivity contribution in [3.63, 3.8) is 0 Å². The molecule has 18 heavy (non-hydrogen) atoms. The van der Waals surface area contributed by atoms with Gasteiger partial charge in [-0.2, -0.15) is 0 Å². The number of para-hydroxylation sites is 1. The lowest BCUT2D eigenvalue weighted by Gasteiger charge is -2.30. The van der Waals surface area contributed by atoms with Gasteiger partial charge in [0.25, 0.3) is 0 Å². The smallest absolute Gasteiger partial charge is 0.123 e. The molecule has 1 aromatic carbocycles. The summed E-state index contributed by atoms with van der Waals surface area (Å²) < 4.78 is 5.39. The van der Waals surface area contributed by atoms with E-state index in [9.17, 15) is 0 Å². The number of aliphatic hydroxyl groups excluding tert-OH is 1. The molecule has 0 aliphatic rings. The third-order valence-electron chi connectivity index (χ3n) is 3.25. The summed E-state index contributed by atoms with van der Waals surface area (Å²) in [6.07, 6.45) is 0. The molecule has 0 saturated carbocycles. The van der Waals surface area contributed by atoms with Crippen molar-refractivity contribution < 1.29 is 9.84 Å². The Balaban J connectivity index is 2.85. The maximum absolute atomic E-state index is 9.06. The molecule has 0 aliphatic carbocycles. The van der Waals surface area contributed by atoms with Crippen LogP contribution in [0.15, 0.2) is 24.3 Å². The third-order valence-corrected chi connectivity index (χ3v) is 3.25. The van der Waals surface area contributed by atoms with Gasteiger partial charge in [0.1, 0.15) is 5.75 Å².